The largest absolute Gasteiger partial charge is 0.497 e. The number of nitrogens with zero attached hydrogens (tertiary/aromatic N) is 2. The molecule has 0 bridgehead atoms. The van der Waals surface area contributed by atoms with Crippen molar-refractivity contribution in [2.24, 2.45) is 0 Å². The monoisotopic (exact) mass is 527 g/mol. The molecule has 8 nitrogen and oxygen atoms in total. The summed E-state index contributed by atoms with van der Waals surface area (Å²) in [4.78, 5) is 27.7. The molecule has 1 atom stereocenters. The van der Waals surface area contributed by atoms with Crippen LogP contribution in [0.4, 0.5) is 10.1 Å². The maximum Gasteiger partial charge on any atom is 0.264 e. The highest BCUT2D eigenvalue weighted by atomic mass is 32.2. The van der Waals surface area contributed by atoms with Gasteiger partial charge in [0.15, 0.2) is 0 Å². The highest BCUT2D eigenvalue weighted by Gasteiger charge is 2.33. The number of carbonyl (C=O) groups is 2. The van der Waals surface area contributed by atoms with Crippen molar-refractivity contribution in [3.63, 3.8) is 0 Å². The zero-order valence-corrected chi connectivity index (χ0v) is 21.7. The minimum atomic E-state index is -4.24. The third kappa shape index (κ3) is 6.65. The molecule has 1 N–H and O–H groups in total. The molecule has 37 heavy (non-hydrogen) atoms. The van der Waals surface area contributed by atoms with E-state index in [4.69, 9.17) is 4.74 Å². The SMILES string of the molecule is CC[C@@H](C(=O)NC)N(Cc1ccc(OC)cc1)C(=O)CN(c1ccccc1)S(=O)(=O)c1ccc(F)cc1. The predicted octanol–water partition coefficient (Wildman–Crippen LogP) is 3.58. The lowest BCUT2D eigenvalue weighted by Gasteiger charge is -2.33. The van der Waals surface area contributed by atoms with Crippen LogP contribution in [0.2, 0.25) is 0 Å². The molecule has 3 aromatic carbocycles. The number of benzene rings is 3. The summed E-state index contributed by atoms with van der Waals surface area (Å²) in [6, 6.07) is 18.8. The van der Waals surface area contributed by atoms with E-state index in [1.54, 1.807) is 68.6 Å². The number of rotatable bonds is 11. The van der Waals surface area contributed by atoms with Gasteiger partial charge < -0.3 is 15.0 Å². The molecule has 0 aromatic heterocycles. The summed E-state index contributed by atoms with van der Waals surface area (Å²) >= 11 is 0. The van der Waals surface area contributed by atoms with Gasteiger partial charge in [-0.2, -0.15) is 0 Å². The van der Waals surface area contributed by atoms with Crippen molar-refractivity contribution in [2.45, 2.75) is 30.8 Å². The summed E-state index contributed by atoms with van der Waals surface area (Å²) in [5.41, 5.74) is 1.00. The second kappa shape index (κ2) is 12.4. The standard InChI is InChI=1S/C27H30FN3O5S/c1-4-25(27(33)29-2)30(18-20-10-14-23(36-3)15-11-20)26(32)19-31(22-8-6-5-7-9-22)37(34,35)24-16-12-21(28)13-17-24/h5-17,25H,4,18-19H2,1-3H3,(H,29,33)/t25-/m0/s1. The number of anilines is 1. The van der Waals surface area contributed by atoms with Crippen molar-refractivity contribution in [1.29, 1.82) is 0 Å². The van der Waals surface area contributed by atoms with Crippen molar-refractivity contribution in [2.75, 3.05) is 25.0 Å². The number of carbonyl (C=O) groups excluding carboxylic acids is 2. The molecule has 2 amide bonds. The number of ether oxygens (including phenoxy) is 1. The summed E-state index contributed by atoms with van der Waals surface area (Å²) in [7, 11) is -1.21. The zero-order chi connectivity index (χ0) is 27.0. The smallest absolute Gasteiger partial charge is 0.264 e. The zero-order valence-electron chi connectivity index (χ0n) is 20.9. The quantitative estimate of drug-likeness (QED) is 0.411. The minimum Gasteiger partial charge on any atom is -0.497 e. The molecule has 0 aliphatic rings. The maximum absolute atomic E-state index is 13.8. The van der Waals surface area contributed by atoms with Crippen molar-refractivity contribution >= 4 is 27.5 Å². The molecule has 0 aliphatic carbocycles. The van der Waals surface area contributed by atoms with E-state index in [1.807, 2.05) is 0 Å². The predicted molar refractivity (Wildman–Crippen MR) is 139 cm³/mol. The molecular formula is C27H30FN3O5S. The first-order valence-electron chi connectivity index (χ1n) is 11.7. The molecule has 196 valence electrons. The van der Waals surface area contributed by atoms with Crippen LogP contribution in [0, 0.1) is 5.82 Å². The van der Waals surface area contributed by atoms with E-state index >= 15 is 0 Å². The minimum absolute atomic E-state index is 0.0774. The van der Waals surface area contributed by atoms with Crippen LogP contribution in [-0.2, 0) is 26.2 Å². The highest BCUT2D eigenvalue weighted by molar-refractivity contribution is 7.92. The van der Waals surface area contributed by atoms with Crippen molar-refractivity contribution in [3.05, 3.63) is 90.2 Å². The average Bonchev–Trinajstić information content (AvgIpc) is 2.92. The summed E-state index contributed by atoms with van der Waals surface area (Å²) in [5.74, 6) is -0.873. The molecule has 0 unspecified atom stereocenters. The summed E-state index contributed by atoms with van der Waals surface area (Å²) in [6.45, 7) is 1.29. The first-order chi connectivity index (χ1) is 17.7. The number of methoxy groups -OCH3 is 1. The fourth-order valence-corrected chi connectivity index (χ4v) is 5.28. The number of para-hydroxylation sites is 1. The fourth-order valence-electron chi connectivity index (χ4n) is 3.87. The molecule has 0 fully saturated rings. The first kappa shape index (κ1) is 27.7. The van der Waals surface area contributed by atoms with Crippen LogP contribution in [0.15, 0.2) is 83.8 Å². The van der Waals surface area contributed by atoms with E-state index in [0.717, 1.165) is 34.1 Å². The number of hydrogen-bond donors (Lipinski definition) is 1. The Labute approximate surface area is 216 Å². The van der Waals surface area contributed by atoms with Crippen LogP contribution in [0.25, 0.3) is 0 Å². The molecule has 0 radical (unpaired) electrons. The number of sulfonamides is 1. The number of likely N-dealkylation sites (N-methyl/N-ethyl adjacent to an activating group) is 1. The Morgan fingerprint density at radius 1 is 0.973 bits per heavy atom. The van der Waals surface area contributed by atoms with Gasteiger partial charge in [-0.3, -0.25) is 13.9 Å². The Kier molecular flexibility index (Phi) is 9.24. The molecule has 0 heterocycles. The van der Waals surface area contributed by atoms with Gasteiger partial charge in [-0.15, -0.1) is 0 Å². The second-order valence-corrected chi connectivity index (χ2v) is 10.1. The van der Waals surface area contributed by atoms with E-state index in [1.165, 1.54) is 11.9 Å². The van der Waals surface area contributed by atoms with Gasteiger partial charge in [-0.05, 0) is 60.5 Å². The molecule has 0 saturated heterocycles. The van der Waals surface area contributed by atoms with E-state index in [2.05, 4.69) is 5.32 Å². The van der Waals surface area contributed by atoms with Gasteiger partial charge in [0.2, 0.25) is 11.8 Å². The molecule has 10 heteroatoms. The topological polar surface area (TPSA) is 96.0 Å². The lowest BCUT2D eigenvalue weighted by atomic mass is 10.1. The van der Waals surface area contributed by atoms with Crippen molar-refractivity contribution in [1.82, 2.24) is 10.2 Å². The fraction of sp³-hybridized carbons (Fsp3) is 0.259. The van der Waals surface area contributed by atoms with E-state index in [-0.39, 0.29) is 23.0 Å². The first-order valence-corrected chi connectivity index (χ1v) is 13.1. The van der Waals surface area contributed by atoms with Crippen LogP contribution in [0.5, 0.6) is 5.75 Å². The summed E-state index contributed by atoms with van der Waals surface area (Å²) < 4.78 is 46.9. The molecule has 0 spiro atoms. The van der Waals surface area contributed by atoms with Crippen molar-refractivity contribution < 1.29 is 27.1 Å². The van der Waals surface area contributed by atoms with Crippen molar-refractivity contribution in [3.8, 4) is 5.75 Å². The van der Waals surface area contributed by atoms with Gasteiger partial charge in [0.1, 0.15) is 24.2 Å². The van der Waals surface area contributed by atoms with Crippen LogP contribution >= 0.6 is 0 Å². The van der Waals surface area contributed by atoms with Gasteiger partial charge in [0.05, 0.1) is 17.7 Å². The van der Waals surface area contributed by atoms with E-state index in [0.29, 0.717) is 12.2 Å². The Morgan fingerprint density at radius 3 is 2.14 bits per heavy atom. The Morgan fingerprint density at radius 2 is 1.59 bits per heavy atom. The molecule has 0 aliphatic heterocycles. The number of hydrogen-bond acceptors (Lipinski definition) is 5. The Hall–Kier alpha value is -3.92. The van der Waals surface area contributed by atoms with Gasteiger partial charge in [-0.1, -0.05) is 37.3 Å². The average molecular weight is 528 g/mol. The normalized spacial score (nSPS) is 11.9. The Bertz CT molecular complexity index is 1300. The van der Waals surface area contributed by atoms with Crippen LogP contribution in [-0.4, -0.2) is 51.9 Å². The van der Waals surface area contributed by atoms with E-state index < -0.39 is 34.3 Å². The molecule has 3 aromatic rings. The van der Waals surface area contributed by atoms with Gasteiger partial charge >= 0.3 is 0 Å². The summed E-state index contributed by atoms with van der Waals surface area (Å²) in [5, 5.41) is 2.58. The van der Waals surface area contributed by atoms with Crippen LogP contribution in [0.1, 0.15) is 18.9 Å². The lowest BCUT2D eigenvalue weighted by molar-refractivity contribution is -0.140. The van der Waals surface area contributed by atoms with Gasteiger partial charge in [0.25, 0.3) is 10.0 Å². The lowest BCUT2D eigenvalue weighted by Crippen LogP contribution is -2.51. The van der Waals surface area contributed by atoms with Gasteiger partial charge in [0, 0.05) is 13.6 Å². The van der Waals surface area contributed by atoms with Crippen LogP contribution in [0.3, 0.4) is 0 Å². The van der Waals surface area contributed by atoms with Gasteiger partial charge in [-0.25, -0.2) is 12.8 Å². The van der Waals surface area contributed by atoms with E-state index in [9.17, 15) is 22.4 Å². The third-order valence-electron chi connectivity index (χ3n) is 5.87. The molecule has 0 saturated carbocycles. The Balaban J connectivity index is 2.01. The number of nitrogens with one attached hydrogen (secondary N) is 1. The summed E-state index contributed by atoms with van der Waals surface area (Å²) in [6.07, 6.45) is 0.317. The second-order valence-electron chi connectivity index (χ2n) is 8.21. The molecule has 3 rings (SSSR count). The number of halogens is 1. The van der Waals surface area contributed by atoms with Crippen LogP contribution < -0.4 is 14.4 Å². The maximum atomic E-state index is 13.8. The number of amides is 2. The third-order valence-corrected chi connectivity index (χ3v) is 7.66. The molecular weight excluding hydrogens is 497 g/mol. The highest BCUT2D eigenvalue weighted by Crippen LogP contribution is 2.25.